The number of nitrogens with one attached hydrogen (secondary N) is 1. The standard InChI is InChI=1S/C14H20ClN3O2/c1-9(2)11-5-3-4-6-12(11)17-14-13(18(19)20)7-10(15)8-16-14/h7-9,11-12H,3-6H2,1-2H3,(H,16,17). The molecule has 2 atom stereocenters. The van der Waals surface area contributed by atoms with Gasteiger partial charge >= 0.3 is 5.69 Å². The summed E-state index contributed by atoms with van der Waals surface area (Å²) in [7, 11) is 0. The van der Waals surface area contributed by atoms with Crippen molar-refractivity contribution in [2.24, 2.45) is 11.8 Å². The monoisotopic (exact) mass is 297 g/mol. The lowest BCUT2D eigenvalue weighted by Crippen LogP contribution is -2.35. The SMILES string of the molecule is CC(C)C1CCCCC1Nc1ncc(Cl)cc1[N+](=O)[O-]. The maximum absolute atomic E-state index is 11.1. The van der Waals surface area contributed by atoms with Crippen LogP contribution in [0.1, 0.15) is 39.5 Å². The second kappa shape index (κ2) is 6.39. The van der Waals surface area contributed by atoms with Crippen LogP contribution < -0.4 is 5.32 Å². The minimum atomic E-state index is -0.436. The van der Waals surface area contributed by atoms with Crippen LogP contribution in [0, 0.1) is 22.0 Å². The lowest BCUT2D eigenvalue weighted by molar-refractivity contribution is -0.384. The summed E-state index contributed by atoms with van der Waals surface area (Å²) in [5, 5.41) is 14.7. The van der Waals surface area contributed by atoms with E-state index in [4.69, 9.17) is 11.6 Å². The number of anilines is 1. The normalized spacial score (nSPS) is 22.8. The van der Waals surface area contributed by atoms with Gasteiger partial charge in [-0.15, -0.1) is 0 Å². The quantitative estimate of drug-likeness (QED) is 0.665. The van der Waals surface area contributed by atoms with Gasteiger partial charge in [-0.1, -0.05) is 38.3 Å². The molecule has 1 heterocycles. The molecule has 6 heteroatoms. The number of nitrogens with zero attached hydrogens (tertiary/aromatic N) is 2. The Kier molecular flexibility index (Phi) is 4.81. The van der Waals surface area contributed by atoms with E-state index in [0.717, 1.165) is 19.3 Å². The average molecular weight is 298 g/mol. The molecule has 1 fully saturated rings. The van der Waals surface area contributed by atoms with E-state index in [-0.39, 0.29) is 16.8 Å². The Hall–Kier alpha value is -1.36. The van der Waals surface area contributed by atoms with E-state index >= 15 is 0 Å². The van der Waals surface area contributed by atoms with Crippen molar-refractivity contribution in [2.45, 2.75) is 45.6 Å². The first kappa shape index (κ1) is 15.0. The molecule has 110 valence electrons. The van der Waals surface area contributed by atoms with Crippen molar-refractivity contribution in [2.75, 3.05) is 5.32 Å². The van der Waals surface area contributed by atoms with Gasteiger partial charge in [-0.2, -0.15) is 0 Å². The van der Waals surface area contributed by atoms with Gasteiger partial charge in [-0.3, -0.25) is 10.1 Å². The highest BCUT2D eigenvalue weighted by Crippen LogP contribution is 2.34. The zero-order valence-electron chi connectivity index (χ0n) is 11.8. The van der Waals surface area contributed by atoms with Crippen LogP contribution in [0.2, 0.25) is 5.02 Å². The van der Waals surface area contributed by atoms with E-state index < -0.39 is 4.92 Å². The number of pyridine rings is 1. The van der Waals surface area contributed by atoms with Gasteiger partial charge in [0.25, 0.3) is 0 Å². The molecular weight excluding hydrogens is 278 g/mol. The maximum atomic E-state index is 11.1. The van der Waals surface area contributed by atoms with Crippen LogP contribution in [-0.4, -0.2) is 15.9 Å². The molecule has 1 saturated carbocycles. The molecule has 5 nitrogen and oxygen atoms in total. The lowest BCUT2D eigenvalue weighted by Gasteiger charge is -2.35. The summed E-state index contributed by atoms with van der Waals surface area (Å²) in [6.45, 7) is 4.41. The van der Waals surface area contributed by atoms with Crippen molar-refractivity contribution in [1.29, 1.82) is 0 Å². The number of nitro groups is 1. The summed E-state index contributed by atoms with van der Waals surface area (Å²) in [6, 6.07) is 1.60. The largest absolute Gasteiger partial charge is 0.361 e. The van der Waals surface area contributed by atoms with Crippen LogP contribution >= 0.6 is 11.6 Å². The lowest BCUT2D eigenvalue weighted by atomic mass is 9.78. The number of rotatable bonds is 4. The van der Waals surface area contributed by atoms with Crippen LogP contribution in [0.25, 0.3) is 0 Å². The zero-order chi connectivity index (χ0) is 14.7. The molecule has 2 unspecified atom stereocenters. The molecule has 0 aromatic carbocycles. The van der Waals surface area contributed by atoms with Crippen LogP contribution in [0.4, 0.5) is 11.5 Å². The van der Waals surface area contributed by atoms with Gasteiger partial charge in [0.15, 0.2) is 0 Å². The number of hydrogen-bond acceptors (Lipinski definition) is 4. The molecule has 20 heavy (non-hydrogen) atoms. The van der Waals surface area contributed by atoms with Crippen molar-refractivity contribution < 1.29 is 4.92 Å². The molecule has 1 aromatic rings. The third kappa shape index (κ3) is 3.39. The fraction of sp³-hybridized carbons (Fsp3) is 0.643. The average Bonchev–Trinajstić information content (AvgIpc) is 2.41. The fourth-order valence-corrected chi connectivity index (χ4v) is 3.14. The van der Waals surface area contributed by atoms with E-state index in [1.807, 2.05) is 0 Å². The summed E-state index contributed by atoms with van der Waals surface area (Å²) in [4.78, 5) is 14.8. The van der Waals surface area contributed by atoms with Crippen molar-refractivity contribution in [1.82, 2.24) is 4.98 Å². The van der Waals surface area contributed by atoms with Gasteiger partial charge in [0.2, 0.25) is 5.82 Å². The third-order valence-electron chi connectivity index (χ3n) is 4.03. The summed E-state index contributed by atoms with van der Waals surface area (Å²) in [6.07, 6.45) is 6.03. The van der Waals surface area contributed by atoms with E-state index in [1.54, 1.807) is 0 Å². The predicted molar refractivity (Wildman–Crippen MR) is 80.1 cm³/mol. The summed E-state index contributed by atoms with van der Waals surface area (Å²) >= 11 is 5.79. The van der Waals surface area contributed by atoms with Gasteiger partial charge in [-0.05, 0) is 24.7 Å². The smallest absolute Gasteiger partial charge is 0.312 e. The number of hydrogen-bond donors (Lipinski definition) is 1. The molecule has 1 aromatic heterocycles. The maximum Gasteiger partial charge on any atom is 0.312 e. The second-order valence-electron chi connectivity index (χ2n) is 5.72. The molecule has 1 aliphatic carbocycles. The van der Waals surface area contributed by atoms with Crippen LogP contribution in [0.3, 0.4) is 0 Å². The van der Waals surface area contributed by atoms with E-state index in [9.17, 15) is 10.1 Å². The Balaban J connectivity index is 2.22. The highest BCUT2D eigenvalue weighted by atomic mass is 35.5. The Labute approximate surface area is 123 Å². The molecular formula is C14H20ClN3O2. The molecule has 0 saturated heterocycles. The molecule has 1 N–H and O–H groups in total. The number of halogens is 1. The highest BCUT2D eigenvalue weighted by Gasteiger charge is 2.29. The van der Waals surface area contributed by atoms with Gasteiger partial charge in [0.1, 0.15) is 0 Å². The van der Waals surface area contributed by atoms with Crippen molar-refractivity contribution in [3.63, 3.8) is 0 Å². The topological polar surface area (TPSA) is 68.1 Å². The molecule has 0 bridgehead atoms. The first-order valence-electron chi connectivity index (χ1n) is 7.05. The van der Waals surface area contributed by atoms with Gasteiger partial charge < -0.3 is 5.32 Å². The third-order valence-corrected chi connectivity index (χ3v) is 4.24. The second-order valence-corrected chi connectivity index (χ2v) is 6.16. The Morgan fingerprint density at radius 1 is 1.45 bits per heavy atom. The highest BCUT2D eigenvalue weighted by molar-refractivity contribution is 6.30. The summed E-state index contributed by atoms with van der Waals surface area (Å²) in [5.74, 6) is 1.41. The van der Waals surface area contributed by atoms with Crippen LogP contribution in [0.15, 0.2) is 12.3 Å². The van der Waals surface area contributed by atoms with Crippen molar-refractivity contribution in [3.8, 4) is 0 Å². The minimum Gasteiger partial charge on any atom is -0.361 e. The first-order valence-corrected chi connectivity index (χ1v) is 7.43. The van der Waals surface area contributed by atoms with E-state index in [2.05, 4.69) is 24.1 Å². The molecule has 0 spiro atoms. The molecule has 0 radical (unpaired) electrons. The predicted octanol–water partition coefficient (Wildman–Crippen LogP) is 4.27. The molecule has 0 aliphatic heterocycles. The van der Waals surface area contributed by atoms with E-state index in [1.165, 1.54) is 18.7 Å². The van der Waals surface area contributed by atoms with Crippen LogP contribution in [0.5, 0.6) is 0 Å². The fourth-order valence-electron chi connectivity index (χ4n) is 2.99. The number of aromatic nitrogens is 1. The van der Waals surface area contributed by atoms with Gasteiger partial charge in [0.05, 0.1) is 9.95 Å². The van der Waals surface area contributed by atoms with Crippen molar-refractivity contribution in [3.05, 3.63) is 27.4 Å². The molecule has 0 amide bonds. The molecule has 1 aliphatic rings. The van der Waals surface area contributed by atoms with Gasteiger partial charge in [-0.25, -0.2) is 4.98 Å². The Morgan fingerprint density at radius 2 is 2.15 bits per heavy atom. The summed E-state index contributed by atoms with van der Waals surface area (Å²) in [5.41, 5.74) is -0.0504. The Bertz CT molecular complexity index is 493. The van der Waals surface area contributed by atoms with Crippen LogP contribution in [-0.2, 0) is 0 Å². The van der Waals surface area contributed by atoms with Crippen molar-refractivity contribution >= 4 is 23.1 Å². The zero-order valence-corrected chi connectivity index (χ0v) is 12.6. The Morgan fingerprint density at radius 3 is 2.80 bits per heavy atom. The first-order chi connectivity index (χ1) is 9.49. The summed E-state index contributed by atoms with van der Waals surface area (Å²) < 4.78 is 0. The van der Waals surface area contributed by atoms with E-state index in [0.29, 0.717) is 17.7 Å². The molecule has 2 rings (SSSR count). The van der Waals surface area contributed by atoms with Gasteiger partial charge in [0, 0.05) is 18.3 Å². The minimum absolute atomic E-state index is 0.0504.